The Morgan fingerprint density at radius 1 is 1.38 bits per heavy atom. The summed E-state index contributed by atoms with van der Waals surface area (Å²) in [6.45, 7) is 0.507. The normalized spacial score (nSPS) is 17.0. The molecule has 1 fully saturated rings. The number of amides is 1. The summed E-state index contributed by atoms with van der Waals surface area (Å²) in [7, 11) is 1.32. The third-order valence-electron chi connectivity index (χ3n) is 3.52. The first-order valence-corrected chi connectivity index (χ1v) is 6.46. The third kappa shape index (κ3) is 3.13. The fourth-order valence-electron chi connectivity index (χ4n) is 2.21. The van der Waals surface area contributed by atoms with Gasteiger partial charge < -0.3 is 19.9 Å². The van der Waals surface area contributed by atoms with Crippen molar-refractivity contribution in [3.05, 3.63) is 29.6 Å². The van der Waals surface area contributed by atoms with Crippen LogP contribution in [0, 0.1) is 5.82 Å². The number of halogens is 1. The van der Waals surface area contributed by atoms with E-state index < -0.39 is 23.2 Å². The molecule has 0 saturated carbocycles. The van der Waals surface area contributed by atoms with Crippen molar-refractivity contribution in [3.63, 3.8) is 0 Å². The first-order valence-electron chi connectivity index (χ1n) is 6.46. The summed E-state index contributed by atoms with van der Waals surface area (Å²) in [6, 6.07) is 3.72. The summed E-state index contributed by atoms with van der Waals surface area (Å²) in [6.07, 6.45) is 0.347. The third-order valence-corrected chi connectivity index (χ3v) is 3.52. The Morgan fingerprint density at radius 3 is 2.57 bits per heavy atom. The fourth-order valence-corrected chi connectivity index (χ4v) is 2.21. The summed E-state index contributed by atoms with van der Waals surface area (Å²) in [5.41, 5.74) is -1.33. The molecule has 0 unspecified atom stereocenters. The van der Waals surface area contributed by atoms with Gasteiger partial charge in [0.05, 0.1) is 7.11 Å². The average molecular weight is 297 g/mol. The van der Waals surface area contributed by atoms with E-state index in [4.69, 9.17) is 9.47 Å². The van der Waals surface area contributed by atoms with Crippen molar-refractivity contribution in [2.75, 3.05) is 20.3 Å². The average Bonchev–Trinajstić information content (AvgIpc) is 2.47. The zero-order valence-corrected chi connectivity index (χ0v) is 11.5. The van der Waals surface area contributed by atoms with E-state index in [1.807, 2.05) is 0 Å². The van der Waals surface area contributed by atoms with Gasteiger partial charge in [-0.15, -0.1) is 0 Å². The van der Waals surface area contributed by atoms with E-state index in [0.29, 0.717) is 0 Å². The van der Waals surface area contributed by atoms with Crippen LogP contribution in [0.4, 0.5) is 4.39 Å². The maximum Gasteiger partial charge on any atom is 0.329 e. The monoisotopic (exact) mass is 297 g/mol. The largest absolute Gasteiger partial charge is 0.494 e. The van der Waals surface area contributed by atoms with Gasteiger partial charge in [-0.1, -0.05) is 0 Å². The molecule has 7 heteroatoms. The van der Waals surface area contributed by atoms with Crippen LogP contribution in [0.25, 0.3) is 0 Å². The number of nitrogens with one attached hydrogen (secondary N) is 1. The molecular weight excluding hydrogens is 281 g/mol. The molecule has 1 saturated heterocycles. The van der Waals surface area contributed by atoms with Gasteiger partial charge in [0.15, 0.2) is 11.6 Å². The fraction of sp³-hybridized carbons (Fsp3) is 0.429. The van der Waals surface area contributed by atoms with Crippen LogP contribution in [-0.4, -0.2) is 42.8 Å². The number of carbonyl (C=O) groups is 2. The summed E-state index contributed by atoms with van der Waals surface area (Å²) < 4.78 is 23.5. The Labute approximate surface area is 120 Å². The number of methoxy groups -OCH3 is 1. The number of aliphatic carboxylic acids is 1. The van der Waals surface area contributed by atoms with Gasteiger partial charge in [-0.2, -0.15) is 0 Å². The molecule has 1 heterocycles. The summed E-state index contributed by atoms with van der Waals surface area (Å²) in [4.78, 5) is 23.6. The Kier molecular flexibility index (Phi) is 4.42. The molecule has 114 valence electrons. The van der Waals surface area contributed by atoms with Crippen molar-refractivity contribution in [2.45, 2.75) is 18.4 Å². The van der Waals surface area contributed by atoms with Crippen LogP contribution < -0.4 is 10.1 Å². The van der Waals surface area contributed by atoms with E-state index in [1.54, 1.807) is 0 Å². The lowest BCUT2D eigenvalue weighted by Gasteiger charge is -2.33. The SMILES string of the molecule is COc1ccc(C(=O)NC2(C(=O)O)CCOCC2)cc1F. The van der Waals surface area contributed by atoms with E-state index >= 15 is 0 Å². The highest BCUT2D eigenvalue weighted by Gasteiger charge is 2.41. The molecule has 1 aromatic rings. The molecule has 2 rings (SSSR count). The van der Waals surface area contributed by atoms with Crippen LogP contribution in [0.5, 0.6) is 5.75 Å². The predicted octanol–water partition coefficient (Wildman–Crippen LogP) is 1.20. The van der Waals surface area contributed by atoms with Gasteiger partial charge in [-0.3, -0.25) is 4.79 Å². The molecule has 0 aromatic heterocycles. The van der Waals surface area contributed by atoms with Gasteiger partial charge in [0, 0.05) is 31.6 Å². The minimum atomic E-state index is -1.37. The molecule has 0 spiro atoms. The standard InChI is InChI=1S/C14H16FNO5/c1-20-11-3-2-9(8-10(11)15)12(17)16-14(13(18)19)4-6-21-7-5-14/h2-3,8H,4-7H2,1H3,(H,16,17)(H,18,19). The van der Waals surface area contributed by atoms with Gasteiger partial charge in [0.25, 0.3) is 5.91 Å². The summed E-state index contributed by atoms with van der Waals surface area (Å²) in [5.74, 6) is -2.42. The molecule has 1 aliphatic heterocycles. The van der Waals surface area contributed by atoms with Gasteiger partial charge in [0.1, 0.15) is 5.54 Å². The highest BCUT2D eigenvalue weighted by atomic mass is 19.1. The zero-order valence-electron chi connectivity index (χ0n) is 11.5. The van der Waals surface area contributed by atoms with Crippen LogP contribution in [0.15, 0.2) is 18.2 Å². The number of hydrogen-bond donors (Lipinski definition) is 2. The van der Waals surface area contributed by atoms with Crippen molar-refractivity contribution in [2.24, 2.45) is 0 Å². The van der Waals surface area contributed by atoms with Gasteiger partial charge in [-0.05, 0) is 18.2 Å². The molecular formula is C14H16FNO5. The molecule has 1 amide bonds. The highest BCUT2D eigenvalue weighted by Crippen LogP contribution is 2.23. The van der Waals surface area contributed by atoms with Crippen LogP contribution in [0.1, 0.15) is 23.2 Å². The topological polar surface area (TPSA) is 84.9 Å². The lowest BCUT2D eigenvalue weighted by Crippen LogP contribution is -2.57. The second-order valence-electron chi connectivity index (χ2n) is 4.80. The number of hydrogen-bond acceptors (Lipinski definition) is 4. The molecule has 0 bridgehead atoms. The number of carbonyl (C=O) groups excluding carboxylic acids is 1. The molecule has 21 heavy (non-hydrogen) atoms. The van der Waals surface area contributed by atoms with Crippen molar-refractivity contribution >= 4 is 11.9 Å². The smallest absolute Gasteiger partial charge is 0.329 e. The minimum Gasteiger partial charge on any atom is -0.494 e. The van der Waals surface area contributed by atoms with Crippen LogP contribution in [-0.2, 0) is 9.53 Å². The molecule has 1 aliphatic rings. The Hall–Kier alpha value is -2.15. The van der Waals surface area contributed by atoms with Gasteiger partial charge in [-0.25, -0.2) is 9.18 Å². The lowest BCUT2D eigenvalue weighted by atomic mass is 9.89. The van der Waals surface area contributed by atoms with E-state index in [1.165, 1.54) is 19.2 Å². The summed E-state index contributed by atoms with van der Waals surface area (Å²) in [5, 5.41) is 11.8. The first-order chi connectivity index (χ1) is 9.98. The number of benzene rings is 1. The van der Waals surface area contributed by atoms with Gasteiger partial charge in [0.2, 0.25) is 0 Å². The zero-order chi connectivity index (χ0) is 15.5. The van der Waals surface area contributed by atoms with Crippen LogP contribution in [0.3, 0.4) is 0 Å². The van der Waals surface area contributed by atoms with Gasteiger partial charge >= 0.3 is 5.97 Å². The number of ether oxygens (including phenoxy) is 2. The van der Waals surface area contributed by atoms with E-state index in [0.717, 1.165) is 6.07 Å². The summed E-state index contributed by atoms with van der Waals surface area (Å²) >= 11 is 0. The molecule has 1 aromatic carbocycles. The quantitative estimate of drug-likeness (QED) is 0.872. The second kappa shape index (κ2) is 6.09. The number of carboxylic acids is 1. The predicted molar refractivity (Wildman–Crippen MR) is 70.8 cm³/mol. The molecule has 2 N–H and O–H groups in total. The lowest BCUT2D eigenvalue weighted by molar-refractivity contribution is -0.148. The second-order valence-corrected chi connectivity index (χ2v) is 4.80. The minimum absolute atomic E-state index is 0.0190. The molecule has 0 atom stereocenters. The van der Waals surface area contributed by atoms with Crippen LogP contribution >= 0.6 is 0 Å². The molecule has 0 radical (unpaired) electrons. The highest BCUT2D eigenvalue weighted by molar-refractivity contribution is 5.98. The Bertz CT molecular complexity index is 554. The van der Waals surface area contributed by atoms with E-state index in [-0.39, 0.29) is 37.4 Å². The van der Waals surface area contributed by atoms with Crippen molar-refractivity contribution in [1.82, 2.24) is 5.32 Å². The van der Waals surface area contributed by atoms with E-state index in [2.05, 4.69) is 5.32 Å². The van der Waals surface area contributed by atoms with Crippen molar-refractivity contribution in [1.29, 1.82) is 0 Å². The van der Waals surface area contributed by atoms with Crippen molar-refractivity contribution < 1.29 is 28.6 Å². The maximum atomic E-state index is 13.6. The van der Waals surface area contributed by atoms with E-state index in [9.17, 15) is 19.1 Å². The molecule has 0 aliphatic carbocycles. The van der Waals surface area contributed by atoms with Crippen molar-refractivity contribution in [3.8, 4) is 5.75 Å². The maximum absolute atomic E-state index is 13.6. The first kappa shape index (κ1) is 15.2. The number of carboxylic acid groups (broad SMARTS) is 1. The Morgan fingerprint density at radius 2 is 2.05 bits per heavy atom. The van der Waals surface area contributed by atoms with Crippen LogP contribution in [0.2, 0.25) is 0 Å². The number of rotatable bonds is 4. The Balaban J connectivity index is 2.19. The molecule has 6 nitrogen and oxygen atoms in total.